The predicted octanol–water partition coefficient (Wildman–Crippen LogP) is 4.16. The molecule has 0 fully saturated rings. The number of Topliss-reactive ketones (excluding diaryl/α,β-unsaturated/α-hetero) is 1. The van der Waals surface area contributed by atoms with Crippen LogP contribution in [0.3, 0.4) is 0 Å². The normalized spacial score (nSPS) is 22.6. The van der Waals surface area contributed by atoms with Crippen molar-refractivity contribution in [2.75, 3.05) is 25.2 Å². The molecule has 1 aliphatic carbocycles. The smallest absolute Gasteiger partial charge is 0.336 e. The molecule has 1 heterocycles. The lowest BCUT2D eigenvalue weighted by atomic mass is 9.69. The molecule has 0 amide bonds. The lowest BCUT2D eigenvalue weighted by Crippen LogP contribution is -2.43. The van der Waals surface area contributed by atoms with Gasteiger partial charge < -0.3 is 14.8 Å². The minimum absolute atomic E-state index is 0.202. The molecule has 0 saturated heterocycles. The largest absolute Gasteiger partial charge is 0.468 e. The number of hydrogen-bond acceptors (Lipinski definition) is 7. The highest BCUT2D eigenvalue weighted by atomic mass is 32.2. The van der Waals surface area contributed by atoms with Gasteiger partial charge in [0.1, 0.15) is 12.5 Å². The van der Waals surface area contributed by atoms with Gasteiger partial charge in [-0.1, -0.05) is 45.0 Å². The Morgan fingerprint density at radius 2 is 1.88 bits per heavy atom. The number of hydrogen-bond donors (Lipinski definition) is 1. The van der Waals surface area contributed by atoms with Gasteiger partial charge in [-0.05, 0) is 42.6 Å². The fourth-order valence-corrected chi connectivity index (χ4v) is 5.14. The molecule has 0 bridgehead atoms. The molecule has 3 atom stereocenters. The summed E-state index contributed by atoms with van der Waals surface area (Å²) in [6, 6.07) is 7.96. The summed E-state index contributed by atoms with van der Waals surface area (Å²) in [5.41, 5.74) is 4.34. The van der Waals surface area contributed by atoms with Crippen LogP contribution in [0.4, 0.5) is 0 Å². The van der Waals surface area contributed by atoms with Crippen LogP contribution in [0, 0.1) is 11.8 Å². The first-order valence-electron chi connectivity index (χ1n) is 11.5. The average molecular weight is 472 g/mol. The van der Waals surface area contributed by atoms with Crippen molar-refractivity contribution in [2.45, 2.75) is 46.5 Å². The maximum absolute atomic E-state index is 13.7. The summed E-state index contributed by atoms with van der Waals surface area (Å²) in [5, 5.41) is 3.29. The summed E-state index contributed by atoms with van der Waals surface area (Å²) < 4.78 is 10.5. The molecule has 0 saturated carbocycles. The van der Waals surface area contributed by atoms with Crippen molar-refractivity contribution < 1.29 is 23.9 Å². The molecule has 33 heavy (non-hydrogen) atoms. The molecule has 1 aromatic carbocycles. The van der Waals surface area contributed by atoms with Crippen LogP contribution in [-0.2, 0) is 30.3 Å². The molecule has 178 valence electrons. The van der Waals surface area contributed by atoms with Gasteiger partial charge in [0.2, 0.25) is 0 Å². The van der Waals surface area contributed by atoms with Gasteiger partial charge in [0.05, 0.1) is 12.7 Å². The molecule has 0 unspecified atom stereocenters. The Kier molecular flexibility index (Phi) is 8.40. The van der Waals surface area contributed by atoms with Crippen molar-refractivity contribution >= 4 is 29.5 Å². The SMILES string of the molecule is CCSCCOC(=O)C1=C(C)NC2=C(C(=O)[C@@H](C(=O)OC)[C@H](C)C2)[C@@H]1c1ccc(CC)cc1. The minimum Gasteiger partial charge on any atom is -0.468 e. The van der Waals surface area contributed by atoms with Crippen molar-refractivity contribution in [2.24, 2.45) is 11.8 Å². The highest BCUT2D eigenvalue weighted by molar-refractivity contribution is 7.99. The number of esters is 2. The molecular formula is C26H33NO5S. The van der Waals surface area contributed by atoms with E-state index in [0.717, 1.165) is 23.4 Å². The quantitative estimate of drug-likeness (QED) is 0.346. The van der Waals surface area contributed by atoms with E-state index in [0.29, 0.717) is 35.6 Å². The second-order valence-corrected chi connectivity index (χ2v) is 9.86. The first kappa shape index (κ1) is 25.1. The number of allylic oxidation sites excluding steroid dienone is 3. The van der Waals surface area contributed by atoms with Crippen LogP contribution in [-0.4, -0.2) is 42.9 Å². The Bertz CT molecular complexity index is 979. The van der Waals surface area contributed by atoms with Gasteiger partial charge in [-0.3, -0.25) is 9.59 Å². The number of thioether (sulfide) groups is 1. The first-order valence-corrected chi connectivity index (χ1v) is 12.7. The number of ether oxygens (including phenoxy) is 2. The van der Waals surface area contributed by atoms with Gasteiger partial charge in [-0.25, -0.2) is 4.79 Å². The number of methoxy groups -OCH3 is 1. The summed E-state index contributed by atoms with van der Waals surface area (Å²) in [6.45, 7) is 8.16. The first-order chi connectivity index (χ1) is 15.8. The zero-order valence-electron chi connectivity index (χ0n) is 20.0. The number of nitrogens with one attached hydrogen (secondary N) is 1. The third-order valence-electron chi connectivity index (χ3n) is 6.35. The number of ketones is 1. The summed E-state index contributed by atoms with van der Waals surface area (Å²) >= 11 is 1.70. The van der Waals surface area contributed by atoms with E-state index in [1.807, 2.05) is 38.1 Å². The van der Waals surface area contributed by atoms with E-state index in [1.165, 1.54) is 12.7 Å². The Hall–Kier alpha value is -2.54. The average Bonchev–Trinajstić information content (AvgIpc) is 2.80. The molecule has 0 aromatic heterocycles. The highest BCUT2D eigenvalue weighted by Crippen LogP contribution is 2.45. The van der Waals surface area contributed by atoms with Gasteiger partial charge >= 0.3 is 11.9 Å². The van der Waals surface area contributed by atoms with Crippen molar-refractivity contribution in [3.8, 4) is 0 Å². The topological polar surface area (TPSA) is 81.7 Å². The second kappa shape index (κ2) is 11.1. The van der Waals surface area contributed by atoms with Gasteiger partial charge in [-0.2, -0.15) is 11.8 Å². The van der Waals surface area contributed by atoms with Crippen LogP contribution in [0.1, 0.15) is 51.2 Å². The Balaban J connectivity index is 2.06. The highest BCUT2D eigenvalue weighted by Gasteiger charge is 2.47. The van der Waals surface area contributed by atoms with Crippen LogP contribution in [0.5, 0.6) is 0 Å². The minimum atomic E-state index is -0.885. The van der Waals surface area contributed by atoms with E-state index in [9.17, 15) is 14.4 Å². The molecule has 1 aromatic rings. The molecule has 3 rings (SSSR count). The molecule has 7 heteroatoms. The molecular weight excluding hydrogens is 438 g/mol. The van der Waals surface area contributed by atoms with Gasteiger partial charge in [0.15, 0.2) is 5.78 Å². The summed E-state index contributed by atoms with van der Waals surface area (Å²) in [5.74, 6) is -1.27. The van der Waals surface area contributed by atoms with Crippen molar-refractivity contribution in [1.29, 1.82) is 0 Å². The molecule has 6 nitrogen and oxygen atoms in total. The van der Waals surface area contributed by atoms with Crippen LogP contribution >= 0.6 is 11.8 Å². The summed E-state index contributed by atoms with van der Waals surface area (Å²) in [6.07, 6.45) is 1.41. The maximum Gasteiger partial charge on any atom is 0.336 e. The lowest BCUT2D eigenvalue weighted by molar-refractivity contribution is -0.151. The van der Waals surface area contributed by atoms with Crippen molar-refractivity contribution in [3.05, 3.63) is 57.9 Å². The van der Waals surface area contributed by atoms with E-state index in [4.69, 9.17) is 9.47 Å². The molecule has 0 radical (unpaired) electrons. The zero-order chi connectivity index (χ0) is 24.1. The Morgan fingerprint density at radius 3 is 2.48 bits per heavy atom. The molecule has 1 N–H and O–H groups in total. The summed E-state index contributed by atoms with van der Waals surface area (Å²) in [7, 11) is 1.30. The van der Waals surface area contributed by atoms with E-state index >= 15 is 0 Å². The van der Waals surface area contributed by atoms with Crippen molar-refractivity contribution in [3.63, 3.8) is 0 Å². The van der Waals surface area contributed by atoms with E-state index in [1.54, 1.807) is 11.8 Å². The van der Waals surface area contributed by atoms with Crippen LogP contribution in [0.2, 0.25) is 0 Å². The number of carbonyl (C=O) groups is 3. The van der Waals surface area contributed by atoms with Crippen LogP contribution in [0.25, 0.3) is 0 Å². The maximum atomic E-state index is 13.7. The monoisotopic (exact) mass is 471 g/mol. The fourth-order valence-electron chi connectivity index (χ4n) is 4.65. The fraction of sp³-hybridized carbons (Fsp3) is 0.500. The van der Waals surface area contributed by atoms with E-state index < -0.39 is 23.8 Å². The Morgan fingerprint density at radius 1 is 1.18 bits per heavy atom. The lowest BCUT2D eigenvalue weighted by Gasteiger charge is -2.38. The van der Waals surface area contributed by atoms with Gasteiger partial charge in [0.25, 0.3) is 0 Å². The molecule has 0 spiro atoms. The van der Waals surface area contributed by atoms with Crippen LogP contribution in [0.15, 0.2) is 46.8 Å². The van der Waals surface area contributed by atoms with Gasteiger partial charge in [-0.15, -0.1) is 0 Å². The third-order valence-corrected chi connectivity index (χ3v) is 7.21. The number of dihydropyridines is 1. The third kappa shape index (κ3) is 5.18. The van der Waals surface area contributed by atoms with E-state index in [2.05, 4.69) is 19.2 Å². The van der Waals surface area contributed by atoms with E-state index in [-0.39, 0.29) is 11.7 Å². The number of carbonyl (C=O) groups excluding carboxylic acids is 3. The Labute approximate surface area is 200 Å². The molecule has 2 aliphatic rings. The summed E-state index contributed by atoms with van der Waals surface area (Å²) in [4.78, 5) is 39.4. The predicted molar refractivity (Wildman–Crippen MR) is 130 cm³/mol. The van der Waals surface area contributed by atoms with Gasteiger partial charge in [0, 0.05) is 28.6 Å². The number of rotatable bonds is 8. The van der Waals surface area contributed by atoms with Crippen molar-refractivity contribution in [1.82, 2.24) is 5.32 Å². The van der Waals surface area contributed by atoms with Crippen LogP contribution < -0.4 is 5.32 Å². The second-order valence-electron chi connectivity index (χ2n) is 8.46. The zero-order valence-corrected chi connectivity index (χ0v) is 20.8. The molecule has 1 aliphatic heterocycles. The number of aryl methyl sites for hydroxylation is 1. The standard InChI is InChI=1S/C26H33NO5S/c1-6-17-8-10-18(11-9-17)22-21(26(30)32-12-13-33-7-2)16(4)27-19-14-15(3)20(25(29)31-5)24(28)23(19)22/h8-11,15,20,22,27H,6-7,12-14H2,1-5H3/t15-,20+,22-/m1/s1. The number of benzene rings is 1.